The molecule has 0 atom stereocenters. The average molecular weight is 1100 g/mol. The minimum absolute atomic E-state index is 0.0333. The van der Waals surface area contributed by atoms with E-state index < -0.39 is 36.4 Å². The number of halogens is 2. The lowest BCUT2D eigenvalue weighted by atomic mass is 9.68. The van der Waals surface area contributed by atoms with Crippen molar-refractivity contribution in [2.75, 3.05) is 46.7 Å². The molecule has 11 rings (SSSR count). The third-order valence-corrected chi connectivity index (χ3v) is 16.7. The van der Waals surface area contributed by atoms with Crippen molar-refractivity contribution in [1.29, 1.82) is 0 Å². The van der Waals surface area contributed by atoms with Gasteiger partial charge >= 0.3 is 17.9 Å². The fourth-order valence-corrected chi connectivity index (χ4v) is 12.4. The molecule has 1 amide bonds. The number of carbonyl (C=O) groups is 4. The Hall–Kier alpha value is -7.48. The largest absolute Gasteiger partial charge is 0.508 e. The van der Waals surface area contributed by atoms with Gasteiger partial charge in [-0.1, -0.05) is 60.7 Å². The molecular weight excluding hydrogens is 1030 g/mol. The Morgan fingerprint density at radius 3 is 1.31 bits per heavy atom. The first-order chi connectivity index (χ1) is 38.0. The minimum Gasteiger partial charge on any atom is -0.508 e. The third kappa shape index (κ3) is 12.3. The number of ether oxygens (including phenoxy) is 2. The fraction of sp³-hybridized carbons (Fsp3) is 0.387. The number of phenolic OH excluding ortho intramolecular Hbond substituents is 1. The maximum atomic E-state index is 13.8. The Kier molecular flexibility index (Phi) is 17.7. The van der Waals surface area contributed by atoms with E-state index in [0.29, 0.717) is 18.9 Å². The monoisotopic (exact) mass is 1100 g/mol. The number of carboxylic acids is 3. The smallest absolute Gasteiger partial charge is 0.336 e. The van der Waals surface area contributed by atoms with Crippen LogP contribution in [-0.2, 0) is 63.8 Å². The van der Waals surface area contributed by atoms with Crippen molar-refractivity contribution in [3.63, 3.8) is 0 Å². The van der Waals surface area contributed by atoms with Crippen molar-refractivity contribution < 1.29 is 63.0 Å². The molecule has 7 aromatic rings. The van der Waals surface area contributed by atoms with Gasteiger partial charge in [0.1, 0.15) is 28.6 Å². The van der Waals surface area contributed by atoms with Crippen molar-refractivity contribution in [3.05, 3.63) is 167 Å². The zero-order chi connectivity index (χ0) is 57.6. The van der Waals surface area contributed by atoms with Crippen molar-refractivity contribution in [2.45, 2.75) is 112 Å². The Labute approximate surface area is 463 Å². The summed E-state index contributed by atoms with van der Waals surface area (Å²) in [6, 6.07) is 38.1. The number of hydrogen-bond acceptors (Lipinski definition) is 10. The molecule has 0 radical (unpaired) electrons. The molecule has 2 spiro atoms. The number of carboxylic acid groups (broad SMARTS) is 3. The van der Waals surface area contributed by atoms with E-state index in [4.69, 9.17) is 35.0 Å². The quantitative estimate of drug-likeness (QED) is 0.0596. The molecule has 2 aliphatic carbocycles. The van der Waals surface area contributed by atoms with E-state index in [1.54, 1.807) is 24.3 Å². The van der Waals surface area contributed by atoms with Gasteiger partial charge in [-0.3, -0.25) is 24.2 Å². The molecule has 8 N–H and O–H groups in total. The summed E-state index contributed by atoms with van der Waals surface area (Å²) >= 11 is 0. The van der Waals surface area contributed by atoms with Gasteiger partial charge in [0, 0.05) is 45.5 Å². The number of benzene rings is 5. The standard InChI is InChI=1S/2C24H27FN2O.C8H9NO2.C6H8O7/c2*1-27(2)23(17-6-4-3-5-7-17)11-13-24(14-12-23)22-19(10-15-28-24)20-16-18(25)8-9-21(20)26-22;1-6(10)9-7-2-4-8(11)5-3-7;7-3(8)1-6(13,5(11)12)2-4(9)10/h2*3-9,16,26H,10-15H2,1-2H3;2-5,11H,1H3,(H,9,10);13H,1-2H2,(H,7,8)(H,9,10)(H,11,12). The summed E-state index contributed by atoms with van der Waals surface area (Å²) in [5.74, 6) is -5.28. The van der Waals surface area contributed by atoms with E-state index in [-0.39, 0.29) is 45.6 Å². The number of hydrogen-bond donors (Lipinski definition) is 8. The van der Waals surface area contributed by atoms with Crippen molar-refractivity contribution in [3.8, 4) is 5.75 Å². The highest BCUT2D eigenvalue weighted by molar-refractivity contribution is 5.89. The predicted octanol–water partition coefficient (Wildman–Crippen LogP) is 10.3. The van der Waals surface area contributed by atoms with Crippen LogP contribution in [0.2, 0.25) is 0 Å². The van der Waals surface area contributed by atoms with Crippen molar-refractivity contribution in [2.24, 2.45) is 0 Å². The lowest BCUT2D eigenvalue weighted by Gasteiger charge is -2.50. The first-order valence-corrected chi connectivity index (χ1v) is 26.9. The normalized spacial score (nSPS) is 22.2. The van der Waals surface area contributed by atoms with Gasteiger partial charge in [0.25, 0.3) is 0 Å². The van der Waals surface area contributed by atoms with E-state index in [0.717, 1.165) is 86.0 Å². The molecule has 2 aromatic heterocycles. The van der Waals surface area contributed by atoms with Crippen LogP contribution in [0.3, 0.4) is 0 Å². The van der Waals surface area contributed by atoms with Crippen LogP contribution in [0.5, 0.6) is 5.75 Å². The van der Waals surface area contributed by atoms with Crippen LogP contribution >= 0.6 is 0 Å². The first-order valence-electron chi connectivity index (χ1n) is 26.9. The van der Waals surface area contributed by atoms with Gasteiger partial charge in [0.15, 0.2) is 5.60 Å². The molecule has 0 saturated heterocycles. The molecule has 5 aromatic carbocycles. The third-order valence-electron chi connectivity index (χ3n) is 16.7. The molecule has 2 fully saturated rings. The summed E-state index contributed by atoms with van der Waals surface area (Å²) in [6.07, 6.45) is 7.38. The summed E-state index contributed by atoms with van der Waals surface area (Å²) in [5.41, 5.74) is 7.11. The Bertz CT molecular complexity index is 3130. The van der Waals surface area contributed by atoms with Gasteiger partial charge in [0.2, 0.25) is 5.91 Å². The van der Waals surface area contributed by atoms with Crippen LogP contribution < -0.4 is 5.32 Å². The number of H-pyrrole nitrogens is 2. The number of rotatable bonds is 10. The molecule has 4 heterocycles. The van der Waals surface area contributed by atoms with Gasteiger partial charge in [0.05, 0.1) is 37.4 Å². The number of carbonyl (C=O) groups excluding carboxylic acids is 1. The number of nitrogens with one attached hydrogen (secondary N) is 3. The molecule has 80 heavy (non-hydrogen) atoms. The maximum absolute atomic E-state index is 13.8. The maximum Gasteiger partial charge on any atom is 0.336 e. The van der Waals surface area contributed by atoms with E-state index in [9.17, 15) is 28.0 Å². The van der Waals surface area contributed by atoms with E-state index in [1.807, 2.05) is 12.1 Å². The summed E-state index contributed by atoms with van der Waals surface area (Å²) in [5, 5.41) is 47.3. The summed E-state index contributed by atoms with van der Waals surface area (Å²) in [4.78, 5) is 52.9. The number of amides is 1. The molecule has 4 aliphatic rings. The van der Waals surface area contributed by atoms with E-state index in [1.165, 1.54) is 64.8 Å². The molecule has 2 saturated carbocycles. The lowest BCUT2D eigenvalue weighted by molar-refractivity contribution is -0.170. The van der Waals surface area contributed by atoms with Crippen LogP contribution in [0.25, 0.3) is 21.8 Å². The fourth-order valence-electron chi connectivity index (χ4n) is 12.4. The van der Waals surface area contributed by atoms with E-state index >= 15 is 0 Å². The number of aliphatic carboxylic acids is 3. The number of anilines is 1. The van der Waals surface area contributed by atoms with Crippen molar-refractivity contribution >= 4 is 51.3 Å². The second-order valence-corrected chi connectivity index (χ2v) is 21.8. The highest BCUT2D eigenvalue weighted by Gasteiger charge is 2.51. The topological polar surface area (TPSA) is 238 Å². The molecule has 424 valence electrons. The zero-order valence-corrected chi connectivity index (χ0v) is 45.8. The molecular formula is C62H71F2N5O11. The van der Waals surface area contributed by atoms with Gasteiger partial charge in [-0.05, 0) is 175 Å². The number of aromatic nitrogens is 2. The average Bonchev–Trinajstić information content (AvgIpc) is 4.17. The summed E-state index contributed by atoms with van der Waals surface area (Å²) in [7, 11) is 8.74. The lowest BCUT2D eigenvalue weighted by Crippen LogP contribution is -2.50. The van der Waals surface area contributed by atoms with Gasteiger partial charge in [-0.15, -0.1) is 0 Å². The highest BCUT2D eigenvalue weighted by atomic mass is 19.1. The van der Waals surface area contributed by atoms with E-state index in [2.05, 4.69) is 114 Å². The number of aromatic amines is 2. The second-order valence-electron chi connectivity index (χ2n) is 21.8. The number of aliphatic hydroxyl groups is 1. The zero-order valence-electron chi connectivity index (χ0n) is 45.8. The minimum atomic E-state index is -2.74. The molecule has 0 unspecified atom stereocenters. The van der Waals surface area contributed by atoms with Crippen LogP contribution in [0.4, 0.5) is 14.5 Å². The molecule has 0 bridgehead atoms. The number of fused-ring (bicyclic) bond motifs is 8. The Morgan fingerprint density at radius 1 is 0.588 bits per heavy atom. The highest BCUT2D eigenvalue weighted by Crippen LogP contribution is 2.54. The number of nitrogens with zero attached hydrogens (tertiary/aromatic N) is 2. The van der Waals surface area contributed by atoms with Crippen LogP contribution in [0.1, 0.15) is 105 Å². The van der Waals surface area contributed by atoms with Gasteiger partial charge in [-0.2, -0.15) is 0 Å². The second kappa shape index (κ2) is 24.1. The molecule has 2 aliphatic heterocycles. The summed E-state index contributed by atoms with van der Waals surface area (Å²) < 4.78 is 40.6. The number of phenols is 1. The molecule has 16 nitrogen and oxygen atoms in total. The van der Waals surface area contributed by atoms with Crippen LogP contribution in [-0.4, -0.2) is 116 Å². The molecule has 18 heteroatoms. The van der Waals surface area contributed by atoms with Crippen LogP contribution in [0.15, 0.2) is 121 Å². The van der Waals surface area contributed by atoms with Gasteiger partial charge < -0.3 is 50.3 Å². The Morgan fingerprint density at radius 2 is 0.975 bits per heavy atom. The van der Waals surface area contributed by atoms with Crippen LogP contribution in [0, 0.1) is 11.6 Å². The van der Waals surface area contributed by atoms with Gasteiger partial charge in [-0.25, -0.2) is 13.6 Å². The SMILES string of the molecule is CC(=O)Nc1ccc(O)cc1.CN(C)C1(c2ccccc2)CCC2(CC1)OCCc1c2[nH]c2ccc(F)cc12.CN(C)C1(c2ccccc2)CCC2(CC1)OCCc1c2[nH]c2ccc(F)cc12.O=C(O)CC(O)(CC(=O)O)C(=O)O. The predicted molar refractivity (Wildman–Crippen MR) is 299 cm³/mol. The van der Waals surface area contributed by atoms with Crippen molar-refractivity contribution in [1.82, 2.24) is 19.8 Å². The summed E-state index contributed by atoms with van der Waals surface area (Å²) in [6.45, 7) is 2.85. The first kappa shape index (κ1) is 58.7. The Balaban J connectivity index is 0.000000152. The number of aromatic hydroxyl groups is 1.